The van der Waals surface area contributed by atoms with Gasteiger partial charge in [-0.25, -0.2) is 0 Å². The Morgan fingerprint density at radius 1 is 1.14 bits per heavy atom. The summed E-state index contributed by atoms with van der Waals surface area (Å²) in [6, 6.07) is 14.8. The minimum Gasteiger partial charge on any atom is -0.415 e. The molecule has 3 aromatic rings. The normalized spacial score (nSPS) is 15.0. The van der Waals surface area contributed by atoms with E-state index < -0.39 is 0 Å². The van der Waals surface area contributed by atoms with Crippen molar-refractivity contribution in [1.29, 1.82) is 0 Å². The smallest absolute Gasteiger partial charge is 0.271 e. The van der Waals surface area contributed by atoms with Crippen LogP contribution in [0.1, 0.15) is 11.5 Å². The number of anilines is 1. The van der Waals surface area contributed by atoms with Gasteiger partial charge in [-0.05, 0) is 31.2 Å². The molecule has 1 aliphatic heterocycles. The first-order valence-electron chi connectivity index (χ1n) is 9.31. The maximum Gasteiger partial charge on any atom is 0.271 e. The monoisotopic (exact) mass is 380 g/mol. The standard InChI is InChI=1S/C20H21N5O3/c1-15-3-2-4-16(13-15)20-22-21-19(28-20)14-23-9-11-24(12-10-23)17-5-7-18(8-6-17)25(26)27/h2-8,13H,9-12,14H2,1H3/p+1. The Labute approximate surface area is 162 Å². The number of hydrogen-bond donors (Lipinski definition) is 1. The second kappa shape index (κ2) is 7.77. The summed E-state index contributed by atoms with van der Waals surface area (Å²) >= 11 is 0. The summed E-state index contributed by atoms with van der Waals surface area (Å²) in [5.74, 6) is 1.21. The van der Waals surface area contributed by atoms with E-state index in [1.54, 1.807) is 12.1 Å². The molecule has 2 aromatic carbocycles. The summed E-state index contributed by atoms with van der Waals surface area (Å²) in [4.78, 5) is 14.0. The van der Waals surface area contributed by atoms with Gasteiger partial charge in [-0.1, -0.05) is 17.7 Å². The van der Waals surface area contributed by atoms with Crippen LogP contribution in [0.2, 0.25) is 0 Å². The Bertz CT molecular complexity index is 962. The highest BCUT2D eigenvalue weighted by atomic mass is 16.6. The summed E-state index contributed by atoms with van der Waals surface area (Å²) < 4.78 is 5.85. The lowest BCUT2D eigenvalue weighted by atomic mass is 10.1. The first kappa shape index (κ1) is 18.1. The lowest BCUT2D eigenvalue weighted by Gasteiger charge is -2.33. The van der Waals surface area contributed by atoms with Crippen LogP contribution in [0.3, 0.4) is 0 Å². The first-order valence-corrected chi connectivity index (χ1v) is 9.31. The number of nitrogens with one attached hydrogen (secondary N) is 1. The van der Waals surface area contributed by atoms with Gasteiger partial charge in [0.25, 0.3) is 11.6 Å². The van der Waals surface area contributed by atoms with Gasteiger partial charge in [0.05, 0.1) is 31.1 Å². The number of non-ortho nitro benzene ring substituents is 1. The third-order valence-electron chi connectivity index (χ3n) is 5.03. The van der Waals surface area contributed by atoms with Gasteiger partial charge in [0.1, 0.15) is 0 Å². The third kappa shape index (κ3) is 4.01. The zero-order valence-corrected chi connectivity index (χ0v) is 15.7. The summed E-state index contributed by atoms with van der Waals surface area (Å²) in [5.41, 5.74) is 3.24. The van der Waals surface area contributed by atoms with Crippen LogP contribution in [-0.2, 0) is 6.54 Å². The molecular formula is C20H22N5O3+. The molecule has 0 spiro atoms. The van der Waals surface area contributed by atoms with E-state index in [4.69, 9.17) is 4.42 Å². The van der Waals surface area contributed by atoms with Crippen molar-refractivity contribution in [2.24, 2.45) is 0 Å². The zero-order valence-electron chi connectivity index (χ0n) is 15.7. The molecule has 0 aliphatic carbocycles. The molecular weight excluding hydrogens is 358 g/mol. The summed E-state index contributed by atoms with van der Waals surface area (Å²) in [6.07, 6.45) is 0. The molecule has 1 aliphatic rings. The SMILES string of the molecule is Cc1cccc(-c2nnc(C[NH+]3CCN(c4ccc([N+](=O)[O-])cc4)CC3)o2)c1. The number of aryl methyl sites for hydroxylation is 1. The minimum absolute atomic E-state index is 0.119. The van der Waals surface area contributed by atoms with Crippen molar-refractivity contribution in [1.82, 2.24) is 10.2 Å². The lowest BCUT2D eigenvalue weighted by Crippen LogP contribution is -3.13. The number of hydrogen-bond acceptors (Lipinski definition) is 6. The highest BCUT2D eigenvalue weighted by Crippen LogP contribution is 2.20. The highest BCUT2D eigenvalue weighted by molar-refractivity contribution is 5.53. The molecule has 2 heterocycles. The molecule has 0 unspecified atom stereocenters. The average Bonchev–Trinajstić information content (AvgIpc) is 3.17. The Balaban J connectivity index is 1.34. The number of rotatable bonds is 5. The fraction of sp³-hybridized carbons (Fsp3) is 0.300. The van der Waals surface area contributed by atoms with Crippen LogP contribution in [0.5, 0.6) is 0 Å². The third-order valence-corrected chi connectivity index (χ3v) is 5.03. The van der Waals surface area contributed by atoms with Crippen LogP contribution in [0, 0.1) is 17.0 Å². The number of nitro groups is 1. The predicted molar refractivity (Wildman–Crippen MR) is 104 cm³/mol. The quantitative estimate of drug-likeness (QED) is 0.537. The van der Waals surface area contributed by atoms with Gasteiger partial charge >= 0.3 is 0 Å². The average molecular weight is 380 g/mol. The molecule has 144 valence electrons. The zero-order chi connectivity index (χ0) is 19.5. The number of piperazine rings is 1. The van der Waals surface area contributed by atoms with E-state index in [0.717, 1.165) is 43.0 Å². The van der Waals surface area contributed by atoms with E-state index in [-0.39, 0.29) is 10.6 Å². The van der Waals surface area contributed by atoms with Crippen molar-refractivity contribution < 1.29 is 14.2 Å². The van der Waals surface area contributed by atoms with Crippen molar-refractivity contribution in [2.75, 3.05) is 31.1 Å². The Morgan fingerprint density at radius 3 is 2.57 bits per heavy atom. The van der Waals surface area contributed by atoms with Crippen molar-refractivity contribution >= 4 is 11.4 Å². The molecule has 8 heteroatoms. The van der Waals surface area contributed by atoms with Crippen molar-refractivity contribution in [2.45, 2.75) is 13.5 Å². The summed E-state index contributed by atoms with van der Waals surface area (Å²) in [6.45, 7) is 6.39. The van der Waals surface area contributed by atoms with Gasteiger partial charge in [0.15, 0.2) is 6.54 Å². The fourth-order valence-electron chi connectivity index (χ4n) is 3.48. The molecule has 1 aromatic heterocycles. The second-order valence-electron chi connectivity index (χ2n) is 7.06. The van der Waals surface area contributed by atoms with E-state index in [0.29, 0.717) is 18.3 Å². The van der Waals surface area contributed by atoms with E-state index in [1.807, 2.05) is 43.3 Å². The Morgan fingerprint density at radius 2 is 1.89 bits per heavy atom. The molecule has 0 radical (unpaired) electrons. The second-order valence-corrected chi connectivity index (χ2v) is 7.06. The molecule has 28 heavy (non-hydrogen) atoms. The molecule has 1 fully saturated rings. The largest absolute Gasteiger partial charge is 0.415 e. The van der Waals surface area contributed by atoms with Crippen LogP contribution < -0.4 is 9.80 Å². The van der Waals surface area contributed by atoms with Gasteiger partial charge in [-0.2, -0.15) is 0 Å². The molecule has 0 saturated carbocycles. The molecule has 0 atom stereocenters. The fourth-order valence-corrected chi connectivity index (χ4v) is 3.48. The van der Waals surface area contributed by atoms with E-state index in [2.05, 4.69) is 15.1 Å². The maximum atomic E-state index is 10.8. The van der Waals surface area contributed by atoms with Crippen molar-refractivity contribution in [3.63, 3.8) is 0 Å². The van der Waals surface area contributed by atoms with Crippen LogP contribution in [-0.4, -0.2) is 41.3 Å². The number of nitro benzene ring substituents is 1. The predicted octanol–water partition coefficient (Wildman–Crippen LogP) is 1.86. The minimum atomic E-state index is -0.374. The summed E-state index contributed by atoms with van der Waals surface area (Å²) in [7, 11) is 0. The van der Waals surface area contributed by atoms with Crippen LogP contribution in [0.15, 0.2) is 52.9 Å². The highest BCUT2D eigenvalue weighted by Gasteiger charge is 2.23. The Hall–Kier alpha value is -3.26. The molecule has 1 saturated heterocycles. The maximum absolute atomic E-state index is 10.8. The lowest BCUT2D eigenvalue weighted by molar-refractivity contribution is -0.915. The number of aromatic nitrogens is 2. The van der Waals surface area contributed by atoms with Gasteiger partial charge in [-0.3, -0.25) is 10.1 Å². The molecule has 8 nitrogen and oxygen atoms in total. The van der Waals surface area contributed by atoms with Gasteiger partial charge in [0, 0.05) is 23.4 Å². The van der Waals surface area contributed by atoms with Crippen LogP contribution in [0.4, 0.5) is 11.4 Å². The van der Waals surface area contributed by atoms with Crippen LogP contribution >= 0.6 is 0 Å². The number of benzene rings is 2. The molecule has 4 rings (SSSR count). The van der Waals surface area contributed by atoms with Crippen molar-refractivity contribution in [3.05, 3.63) is 70.1 Å². The molecule has 0 bridgehead atoms. The molecule has 0 amide bonds. The van der Waals surface area contributed by atoms with E-state index in [1.165, 1.54) is 4.90 Å². The van der Waals surface area contributed by atoms with E-state index >= 15 is 0 Å². The number of nitrogens with zero attached hydrogens (tertiary/aromatic N) is 4. The molecule has 1 N–H and O–H groups in total. The summed E-state index contributed by atoms with van der Waals surface area (Å²) in [5, 5.41) is 19.2. The van der Waals surface area contributed by atoms with Crippen molar-refractivity contribution in [3.8, 4) is 11.5 Å². The van der Waals surface area contributed by atoms with Gasteiger partial charge in [-0.15, -0.1) is 10.2 Å². The first-order chi connectivity index (χ1) is 13.6. The van der Waals surface area contributed by atoms with Crippen LogP contribution in [0.25, 0.3) is 11.5 Å². The van der Waals surface area contributed by atoms with Gasteiger partial charge in [0.2, 0.25) is 5.89 Å². The Kier molecular flexibility index (Phi) is 5.03. The van der Waals surface area contributed by atoms with E-state index in [9.17, 15) is 10.1 Å². The number of quaternary nitrogens is 1. The van der Waals surface area contributed by atoms with Gasteiger partial charge < -0.3 is 14.2 Å². The topological polar surface area (TPSA) is 89.7 Å².